The predicted molar refractivity (Wildman–Crippen MR) is 74.8 cm³/mol. The molecule has 100 valence electrons. The van der Waals surface area contributed by atoms with Crippen LogP contribution in [0.3, 0.4) is 0 Å². The third kappa shape index (κ3) is 2.91. The van der Waals surface area contributed by atoms with Gasteiger partial charge in [-0.25, -0.2) is 0 Å². The number of hydrogen-bond acceptors (Lipinski definition) is 3. The van der Waals surface area contributed by atoms with E-state index in [-0.39, 0.29) is 6.10 Å². The van der Waals surface area contributed by atoms with E-state index in [0.29, 0.717) is 6.04 Å². The van der Waals surface area contributed by atoms with Crippen molar-refractivity contribution in [3.05, 3.63) is 35.4 Å². The van der Waals surface area contributed by atoms with Crippen LogP contribution in [0.25, 0.3) is 0 Å². The van der Waals surface area contributed by atoms with Gasteiger partial charge in [0, 0.05) is 13.1 Å². The van der Waals surface area contributed by atoms with Crippen molar-refractivity contribution in [2.45, 2.75) is 26.0 Å². The SMILES string of the molecule is CCNCC1OCCN(C)C1c1ccccc1C. The Labute approximate surface area is 110 Å². The summed E-state index contributed by atoms with van der Waals surface area (Å²) in [5, 5.41) is 3.41. The van der Waals surface area contributed by atoms with Gasteiger partial charge in [-0.3, -0.25) is 4.90 Å². The average Bonchev–Trinajstić information content (AvgIpc) is 2.38. The molecule has 0 bridgehead atoms. The van der Waals surface area contributed by atoms with Crippen molar-refractivity contribution >= 4 is 0 Å². The minimum Gasteiger partial charge on any atom is -0.374 e. The van der Waals surface area contributed by atoms with Crippen molar-refractivity contribution in [1.29, 1.82) is 0 Å². The molecule has 1 N–H and O–H groups in total. The molecular weight excluding hydrogens is 224 g/mol. The van der Waals surface area contributed by atoms with Gasteiger partial charge in [-0.05, 0) is 31.6 Å². The summed E-state index contributed by atoms with van der Waals surface area (Å²) in [6.07, 6.45) is 0.241. The maximum Gasteiger partial charge on any atom is 0.0896 e. The van der Waals surface area contributed by atoms with Crippen molar-refractivity contribution in [3.63, 3.8) is 0 Å². The lowest BCUT2D eigenvalue weighted by Crippen LogP contribution is -2.47. The number of morpholine rings is 1. The molecule has 0 spiro atoms. The van der Waals surface area contributed by atoms with E-state index in [0.717, 1.165) is 26.2 Å². The average molecular weight is 248 g/mol. The van der Waals surface area contributed by atoms with Gasteiger partial charge in [-0.2, -0.15) is 0 Å². The molecule has 3 nitrogen and oxygen atoms in total. The third-order valence-corrected chi connectivity index (χ3v) is 3.71. The highest BCUT2D eigenvalue weighted by molar-refractivity contribution is 5.30. The molecule has 0 aliphatic carbocycles. The van der Waals surface area contributed by atoms with Crippen LogP contribution in [0.1, 0.15) is 24.1 Å². The van der Waals surface area contributed by atoms with Crippen LogP contribution in [-0.4, -0.2) is 44.3 Å². The Bertz CT molecular complexity index is 381. The van der Waals surface area contributed by atoms with Gasteiger partial charge in [-0.15, -0.1) is 0 Å². The molecule has 1 heterocycles. The van der Waals surface area contributed by atoms with Crippen LogP contribution >= 0.6 is 0 Å². The summed E-state index contributed by atoms with van der Waals surface area (Å²) in [7, 11) is 2.19. The second-order valence-electron chi connectivity index (χ2n) is 5.00. The van der Waals surface area contributed by atoms with Crippen molar-refractivity contribution in [2.75, 3.05) is 33.3 Å². The Kier molecular flexibility index (Phi) is 4.75. The fraction of sp³-hybridized carbons (Fsp3) is 0.600. The first kappa shape index (κ1) is 13.5. The summed E-state index contributed by atoms with van der Waals surface area (Å²) < 4.78 is 5.97. The summed E-state index contributed by atoms with van der Waals surface area (Å²) in [5.41, 5.74) is 2.74. The first-order chi connectivity index (χ1) is 8.74. The van der Waals surface area contributed by atoms with Crippen LogP contribution in [0.15, 0.2) is 24.3 Å². The van der Waals surface area contributed by atoms with Crippen LogP contribution < -0.4 is 5.32 Å². The standard InChI is InChI=1S/C15H24N2O/c1-4-16-11-14-15(17(3)9-10-18-14)13-8-6-5-7-12(13)2/h5-8,14-16H,4,9-11H2,1-3H3. The minimum absolute atomic E-state index is 0.241. The highest BCUT2D eigenvalue weighted by Gasteiger charge is 2.31. The monoisotopic (exact) mass is 248 g/mol. The maximum atomic E-state index is 5.97. The topological polar surface area (TPSA) is 24.5 Å². The smallest absolute Gasteiger partial charge is 0.0896 e. The van der Waals surface area contributed by atoms with Gasteiger partial charge in [0.25, 0.3) is 0 Å². The minimum atomic E-state index is 0.241. The van der Waals surface area contributed by atoms with Crippen molar-refractivity contribution in [3.8, 4) is 0 Å². The van der Waals surface area contributed by atoms with Crippen molar-refractivity contribution in [1.82, 2.24) is 10.2 Å². The summed E-state index contributed by atoms with van der Waals surface area (Å²) in [4.78, 5) is 2.41. The number of hydrogen-bond donors (Lipinski definition) is 1. The molecule has 2 rings (SSSR count). The second-order valence-corrected chi connectivity index (χ2v) is 5.00. The number of ether oxygens (including phenoxy) is 1. The molecule has 0 saturated carbocycles. The van der Waals surface area contributed by atoms with Crippen LogP contribution in [0.5, 0.6) is 0 Å². The fourth-order valence-corrected chi connectivity index (χ4v) is 2.68. The molecule has 2 atom stereocenters. The van der Waals surface area contributed by atoms with Crippen LogP contribution in [0.2, 0.25) is 0 Å². The molecule has 1 aromatic rings. The largest absolute Gasteiger partial charge is 0.374 e. The van der Waals surface area contributed by atoms with Gasteiger partial charge in [-0.1, -0.05) is 31.2 Å². The Balaban J connectivity index is 2.21. The number of benzene rings is 1. The van der Waals surface area contributed by atoms with E-state index >= 15 is 0 Å². The van der Waals surface area contributed by atoms with Crippen molar-refractivity contribution < 1.29 is 4.74 Å². The van der Waals surface area contributed by atoms with Gasteiger partial charge < -0.3 is 10.1 Å². The molecular formula is C15H24N2O. The summed E-state index contributed by atoms with van der Waals surface area (Å²) in [6.45, 7) is 8.05. The maximum absolute atomic E-state index is 5.97. The van der Waals surface area contributed by atoms with E-state index in [1.165, 1.54) is 11.1 Å². The lowest BCUT2D eigenvalue weighted by molar-refractivity contribution is -0.0613. The molecule has 2 unspecified atom stereocenters. The second kappa shape index (κ2) is 6.32. The molecule has 1 aliphatic heterocycles. The van der Waals surface area contributed by atoms with Crippen molar-refractivity contribution in [2.24, 2.45) is 0 Å². The van der Waals surface area contributed by atoms with E-state index in [1.54, 1.807) is 0 Å². The molecule has 0 radical (unpaired) electrons. The van der Waals surface area contributed by atoms with Gasteiger partial charge in [0.05, 0.1) is 18.8 Å². The van der Waals surface area contributed by atoms with E-state index in [1.807, 2.05) is 0 Å². The fourth-order valence-electron chi connectivity index (χ4n) is 2.68. The first-order valence-electron chi connectivity index (χ1n) is 6.82. The third-order valence-electron chi connectivity index (χ3n) is 3.71. The molecule has 1 aromatic carbocycles. The zero-order chi connectivity index (χ0) is 13.0. The van der Waals surface area contributed by atoms with E-state index in [4.69, 9.17) is 4.74 Å². The summed E-state index contributed by atoms with van der Waals surface area (Å²) in [5.74, 6) is 0. The Morgan fingerprint density at radius 1 is 1.39 bits per heavy atom. The number of rotatable bonds is 4. The number of likely N-dealkylation sites (N-methyl/N-ethyl adjacent to an activating group) is 2. The number of aryl methyl sites for hydroxylation is 1. The van der Waals surface area contributed by atoms with Gasteiger partial charge in [0.15, 0.2) is 0 Å². The van der Waals surface area contributed by atoms with Crippen LogP contribution in [0.4, 0.5) is 0 Å². The Morgan fingerprint density at radius 3 is 2.89 bits per heavy atom. The van der Waals surface area contributed by atoms with Gasteiger partial charge in [0.1, 0.15) is 0 Å². The molecule has 18 heavy (non-hydrogen) atoms. The number of nitrogens with zero attached hydrogens (tertiary/aromatic N) is 1. The molecule has 1 aliphatic rings. The molecule has 1 fully saturated rings. The van der Waals surface area contributed by atoms with Crippen LogP contribution in [-0.2, 0) is 4.74 Å². The highest BCUT2D eigenvalue weighted by Crippen LogP contribution is 2.30. The first-order valence-corrected chi connectivity index (χ1v) is 6.82. The normalized spacial score (nSPS) is 25.3. The lowest BCUT2D eigenvalue weighted by Gasteiger charge is -2.40. The molecule has 3 heteroatoms. The van der Waals surface area contributed by atoms with E-state index < -0.39 is 0 Å². The number of nitrogens with one attached hydrogen (secondary N) is 1. The predicted octanol–water partition coefficient (Wildman–Crippen LogP) is 1.98. The Morgan fingerprint density at radius 2 is 2.17 bits per heavy atom. The van der Waals surface area contributed by atoms with E-state index in [2.05, 4.69) is 55.4 Å². The van der Waals surface area contributed by atoms with Gasteiger partial charge in [0.2, 0.25) is 0 Å². The molecule has 1 saturated heterocycles. The highest BCUT2D eigenvalue weighted by atomic mass is 16.5. The Hall–Kier alpha value is -0.900. The molecule has 0 aromatic heterocycles. The van der Waals surface area contributed by atoms with Crippen LogP contribution in [0, 0.1) is 6.92 Å². The van der Waals surface area contributed by atoms with Gasteiger partial charge >= 0.3 is 0 Å². The summed E-state index contributed by atoms with van der Waals surface area (Å²) in [6, 6.07) is 8.99. The zero-order valence-electron chi connectivity index (χ0n) is 11.6. The van der Waals surface area contributed by atoms with E-state index in [9.17, 15) is 0 Å². The zero-order valence-corrected chi connectivity index (χ0v) is 11.6. The quantitative estimate of drug-likeness (QED) is 0.882. The lowest BCUT2D eigenvalue weighted by atomic mass is 9.94. The summed E-state index contributed by atoms with van der Waals surface area (Å²) >= 11 is 0. The molecule has 0 amide bonds.